The van der Waals surface area contributed by atoms with Crippen molar-refractivity contribution in [1.82, 2.24) is 0 Å². The van der Waals surface area contributed by atoms with E-state index in [2.05, 4.69) is 5.32 Å². The van der Waals surface area contributed by atoms with Gasteiger partial charge in [-0.15, -0.1) is 0 Å². The van der Waals surface area contributed by atoms with Crippen LogP contribution in [0.25, 0.3) is 21.7 Å². The van der Waals surface area contributed by atoms with Crippen LogP contribution in [0.5, 0.6) is 5.75 Å². The van der Waals surface area contributed by atoms with Gasteiger partial charge in [0.05, 0.1) is 12.7 Å². The molecule has 0 spiro atoms. The number of anilines is 1. The Hall–Kier alpha value is -3.80. The fourth-order valence-electron chi connectivity index (χ4n) is 3.10. The number of hydrogen-bond acceptors (Lipinski definition) is 5. The highest BCUT2D eigenvalue weighted by Gasteiger charge is 2.15. The van der Waals surface area contributed by atoms with E-state index in [4.69, 9.17) is 9.15 Å². The predicted octanol–water partition coefficient (Wildman–Crippen LogP) is 4.02. The third-order valence-corrected chi connectivity index (χ3v) is 4.39. The maximum Gasteiger partial charge on any atom is 0.310 e. The molecule has 0 bridgehead atoms. The smallest absolute Gasteiger partial charge is 0.310 e. The van der Waals surface area contributed by atoms with Gasteiger partial charge in [0.1, 0.15) is 11.3 Å². The third-order valence-electron chi connectivity index (χ3n) is 4.39. The highest BCUT2D eigenvalue weighted by atomic mass is 16.5. The Kier molecular flexibility index (Phi) is 4.68. The van der Waals surface area contributed by atoms with Crippen molar-refractivity contribution in [3.05, 3.63) is 72.5 Å². The van der Waals surface area contributed by atoms with E-state index < -0.39 is 18.5 Å². The van der Waals surface area contributed by atoms with Gasteiger partial charge in [-0.25, -0.2) is 0 Å². The van der Waals surface area contributed by atoms with Crippen LogP contribution in [0.15, 0.2) is 71.3 Å². The van der Waals surface area contributed by atoms with Gasteiger partial charge in [0.15, 0.2) is 6.61 Å². The molecule has 0 fully saturated rings. The maximum absolute atomic E-state index is 12.2. The zero-order valence-electron chi connectivity index (χ0n) is 14.8. The highest BCUT2D eigenvalue weighted by Crippen LogP contribution is 2.30. The Bertz CT molecular complexity index is 1160. The van der Waals surface area contributed by atoms with E-state index in [9.17, 15) is 14.7 Å². The van der Waals surface area contributed by atoms with Crippen molar-refractivity contribution in [3.63, 3.8) is 0 Å². The lowest BCUT2D eigenvalue weighted by molar-refractivity contribution is -0.146. The molecule has 0 atom stereocenters. The fourth-order valence-corrected chi connectivity index (χ4v) is 3.10. The number of amides is 1. The molecule has 0 aliphatic rings. The zero-order chi connectivity index (χ0) is 19.5. The van der Waals surface area contributed by atoms with Crippen molar-refractivity contribution in [1.29, 1.82) is 0 Å². The monoisotopic (exact) mass is 375 g/mol. The molecule has 0 saturated heterocycles. The fraction of sp³-hybridized carbons (Fsp3) is 0.0909. The molecule has 0 radical (unpaired) electrons. The lowest BCUT2D eigenvalue weighted by Gasteiger charge is -2.07. The van der Waals surface area contributed by atoms with Gasteiger partial charge >= 0.3 is 5.97 Å². The van der Waals surface area contributed by atoms with Gasteiger partial charge in [0.2, 0.25) is 0 Å². The summed E-state index contributed by atoms with van der Waals surface area (Å²) in [6, 6.07) is 17.7. The van der Waals surface area contributed by atoms with Crippen molar-refractivity contribution in [2.45, 2.75) is 6.42 Å². The molecule has 3 aromatic carbocycles. The summed E-state index contributed by atoms with van der Waals surface area (Å²) in [5.74, 6) is -0.873. The molecule has 6 heteroatoms. The van der Waals surface area contributed by atoms with Crippen molar-refractivity contribution >= 4 is 39.3 Å². The first kappa shape index (κ1) is 17.6. The molecule has 0 aliphatic carbocycles. The summed E-state index contributed by atoms with van der Waals surface area (Å²) >= 11 is 0. The Balaban J connectivity index is 1.42. The van der Waals surface area contributed by atoms with E-state index in [-0.39, 0.29) is 12.2 Å². The number of benzene rings is 3. The van der Waals surface area contributed by atoms with Crippen LogP contribution in [0.3, 0.4) is 0 Å². The van der Waals surface area contributed by atoms with Gasteiger partial charge in [-0.05, 0) is 41.1 Å². The number of fused-ring (bicyclic) bond motifs is 3. The van der Waals surface area contributed by atoms with Crippen LogP contribution in [0.1, 0.15) is 5.56 Å². The first-order valence-electron chi connectivity index (χ1n) is 8.72. The molecule has 140 valence electrons. The van der Waals surface area contributed by atoms with Crippen molar-refractivity contribution in [2.75, 3.05) is 11.9 Å². The molecular weight excluding hydrogens is 358 g/mol. The molecular formula is C22H17NO5. The Morgan fingerprint density at radius 2 is 1.79 bits per heavy atom. The predicted molar refractivity (Wildman–Crippen MR) is 105 cm³/mol. The first-order valence-corrected chi connectivity index (χ1v) is 8.72. The van der Waals surface area contributed by atoms with Gasteiger partial charge in [-0.1, -0.05) is 30.3 Å². The quantitative estimate of drug-likeness (QED) is 0.406. The molecule has 0 saturated carbocycles. The standard InChI is InChI=1S/C22H17NO5/c24-17-8-6-16(7-9-17)23-20(25)13-28-21(26)11-15-12-27-19-10-5-14-3-1-2-4-18(14)22(15)19/h1-10,12,24H,11,13H2,(H,23,25). The van der Waals surface area contributed by atoms with E-state index in [1.807, 2.05) is 36.4 Å². The zero-order valence-corrected chi connectivity index (χ0v) is 14.8. The van der Waals surface area contributed by atoms with Gasteiger partial charge in [-0.2, -0.15) is 0 Å². The number of rotatable bonds is 5. The highest BCUT2D eigenvalue weighted by molar-refractivity contribution is 6.08. The minimum atomic E-state index is -0.517. The van der Waals surface area contributed by atoms with Gasteiger partial charge in [0.25, 0.3) is 5.91 Å². The van der Waals surface area contributed by atoms with Crippen LogP contribution in [-0.4, -0.2) is 23.6 Å². The van der Waals surface area contributed by atoms with Crippen molar-refractivity contribution in [3.8, 4) is 5.75 Å². The number of phenols is 1. The number of phenolic OH excluding ortho intramolecular Hbond substituents is 1. The second kappa shape index (κ2) is 7.44. The lowest BCUT2D eigenvalue weighted by Crippen LogP contribution is -2.21. The molecule has 4 rings (SSSR count). The summed E-state index contributed by atoms with van der Waals surface area (Å²) in [6.45, 7) is -0.393. The van der Waals surface area contributed by atoms with Crippen LogP contribution in [0.2, 0.25) is 0 Å². The number of carbonyl (C=O) groups is 2. The summed E-state index contributed by atoms with van der Waals surface area (Å²) in [5, 5.41) is 14.8. The van der Waals surface area contributed by atoms with E-state index in [1.165, 1.54) is 12.1 Å². The number of nitrogens with one attached hydrogen (secondary N) is 1. The maximum atomic E-state index is 12.2. The van der Waals surface area contributed by atoms with Gasteiger partial charge in [0, 0.05) is 16.6 Å². The number of furan rings is 1. The Morgan fingerprint density at radius 1 is 1.00 bits per heavy atom. The Labute approximate surface area is 160 Å². The third kappa shape index (κ3) is 3.66. The summed E-state index contributed by atoms with van der Waals surface area (Å²) in [4.78, 5) is 24.1. The minimum absolute atomic E-state index is 0.00744. The molecule has 0 aliphatic heterocycles. The van der Waals surface area contributed by atoms with E-state index in [0.717, 1.165) is 21.7 Å². The van der Waals surface area contributed by atoms with E-state index >= 15 is 0 Å². The summed E-state index contributed by atoms with van der Waals surface area (Å²) in [7, 11) is 0. The average molecular weight is 375 g/mol. The van der Waals surface area contributed by atoms with E-state index in [0.29, 0.717) is 11.3 Å². The van der Waals surface area contributed by atoms with Crippen LogP contribution >= 0.6 is 0 Å². The minimum Gasteiger partial charge on any atom is -0.508 e. The second-order valence-corrected chi connectivity index (χ2v) is 6.35. The molecule has 1 heterocycles. The average Bonchev–Trinajstić information content (AvgIpc) is 3.11. The molecule has 4 aromatic rings. The Morgan fingerprint density at radius 3 is 2.61 bits per heavy atom. The normalized spacial score (nSPS) is 10.9. The summed E-state index contributed by atoms with van der Waals surface area (Å²) in [5.41, 5.74) is 1.92. The second-order valence-electron chi connectivity index (χ2n) is 6.35. The summed E-state index contributed by atoms with van der Waals surface area (Å²) in [6.07, 6.45) is 1.56. The lowest BCUT2D eigenvalue weighted by atomic mass is 10.0. The van der Waals surface area contributed by atoms with Crippen LogP contribution < -0.4 is 5.32 Å². The van der Waals surface area contributed by atoms with Gasteiger partial charge < -0.3 is 19.6 Å². The van der Waals surface area contributed by atoms with Gasteiger partial charge in [-0.3, -0.25) is 9.59 Å². The number of hydrogen-bond donors (Lipinski definition) is 2. The van der Waals surface area contributed by atoms with Crippen molar-refractivity contribution in [2.24, 2.45) is 0 Å². The van der Waals surface area contributed by atoms with E-state index in [1.54, 1.807) is 18.4 Å². The van der Waals surface area contributed by atoms with Crippen LogP contribution in [-0.2, 0) is 20.7 Å². The number of carbonyl (C=O) groups excluding carboxylic acids is 2. The topological polar surface area (TPSA) is 88.8 Å². The van der Waals surface area contributed by atoms with Crippen molar-refractivity contribution < 1.29 is 23.8 Å². The molecule has 2 N–H and O–H groups in total. The molecule has 0 unspecified atom stereocenters. The van der Waals surface area contributed by atoms with Crippen LogP contribution in [0.4, 0.5) is 5.69 Å². The molecule has 1 amide bonds. The first-order chi connectivity index (χ1) is 13.6. The SMILES string of the molecule is O=C(COC(=O)Cc1coc2ccc3ccccc3c12)Nc1ccc(O)cc1. The summed E-state index contributed by atoms with van der Waals surface area (Å²) < 4.78 is 10.7. The molecule has 1 aromatic heterocycles. The number of esters is 1. The van der Waals surface area contributed by atoms with Crippen LogP contribution in [0, 0.1) is 0 Å². The number of ether oxygens (including phenoxy) is 1. The molecule has 28 heavy (non-hydrogen) atoms. The molecule has 6 nitrogen and oxygen atoms in total. The number of aromatic hydroxyl groups is 1. The largest absolute Gasteiger partial charge is 0.508 e.